The van der Waals surface area contributed by atoms with Gasteiger partial charge in [-0.2, -0.15) is 0 Å². The average Bonchev–Trinajstić information content (AvgIpc) is 2.95. The van der Waals surface area contributed by atoms with Gasteiger partial charge in [0.25, 0.3) is 0 Å². The number of thiophene rings is 1. The zero-order chi connectivity index (χ0) is 13.5. The third kappa shape index (κ3) is 2.53. The molecule has 0 N–H and O–H groups in total. The molecule has 0 spiro atoms. The largest absolute Gasteiger partial charge is 0.475 e. The molecule has 0 saturated heterocycles. The molecule has 19 heavy (non-hydrogen) atoms. The first-order valence-electron chi connectivity index (χ1n) is 6.12. The first-order chi connectivity index (χ1) is 9.05. The summed E-state index contributed by atoms with van der Waals surface area (Å²) < 4.78 is 5.68. The van der Waals surface area contributed by atoms with Crippen molar-refractivity contribution < 1.29 is 4.74 Å². The van der Waals surface area contributed by atoms with Crippen LogP contribution >= 0.6 is 22.9 Å². The number of ether oxygens (including phenoxy) is 1. The third-order valence-corrected chi connectivity index (χ3v) is 4.35. The molecule has 0 radical (unpaired) electrons. The van der Waals surface area contributed by atoms with Gasteiger partial charge >= 0.3 is 0 Å². The van der Waals surface area contributed by atoms with Crippen LogP contribution in [0.25, 0.3) is 10.4 Å². The van der Waals surface area contributed by atoms with Crippen molar-refractivity contribution in [1.29, 1.82) is 0 Å². The number of halogens is 1. The highest BCUT2D eigenvalue weighted by molar-refractivity contribution is 7.14. The van der Waals surface area contributed by atoms with Gasteiger partial charge in [-0.15, -0.1) is 11.3 Å². The Balaban J connectivity index is 2.00. The number of benzene rings is 1. The van der Waals surface area contributed by atoms with Crippen molar-refractivity contribution in [3.63, 3.8) is 0 Å². The van der Waals surface area contributed by atoms with E-state index in [1.54, 1.807) is 11.3 Å². The molecule has 1 aromatic carbocycles. The topological polar surface area (TPSA) is 21.6 Å². The molecule has 1 aromatic heterocycles. The van der Waals surface area contributed by atoms with Crippen LogP contribution in [0.15, 0.2) is 40.7 Å². The molecule has 0 bridgehead atoms. The van der Waals surface area contributed by atoms with E-state index in [9.17, 15) is 0 Å². The summed E-state index contributed by atoms with van der Waals surface area (Å²) >= 11 is 7.82. The van der Waals surface area contributed by atoms with Crippen molar-refractivity contribution >= 4 is 28.8 Å². The lowest BCUT2D eigenvalue weighted by Crippen LogP contribution is -2.17. The fraction of sp³-hybridized carbons (Fsp3) is 0.267. The third-order valence-electron chi connectivity index (χ3n) is 2.96. The summed E-state index contributed by atoms with van der Waals surface area (Å²) in [6.07, 6.45) is 0. The minimum atomic E-state index is -0.133. The Labute approximate surface area is 121 Å². The van der Waals surface area contributed by atoms with Crippen molar-refractivity contribution in [2.45, 2.75) is 19.4 Å². The van der Waals surface area contributed by atoms with Gasteiger partial charge in [-0.25, -0.2) is 4.99 Å². The van der Waals surface area contributed by atoms with Crippen molar-refractivity contribution in [2.24, 2.45) is 4.99 Å². The summed E-state index contributed by atoms with van der Waals surface area (Å²) in [5, 5.41) is 2.79. The minimum Gasteiger partial charge on any atom is -0.475 e. The maximum absolute atomic E-state index is 6.18. The number of hydrogen-bond donors (Lipinski definition) is 0. The Morgan fingerprint density at radius 2 is 2.05 bits per heavy atom. The van der Waals surface area contributed by atoms with Gasteiger partial charge in [-0.1, -0.05) is 23.7 Å². The molecule has 0 atom stereocenters. The van der Waals surface area contributed by atoms with Gasteiger partial charge in [-0.05, 0) is 43.0 Å². The standard InChI is InChI=1S/C15H14ClNOS/c1-15(2)9-18-14(17-15)11-5-3-4-10(8-11)13-12(16)6-7-19-13/h3-8H,9H2,1-2H3. The van der Waals surface area contributed by atoms with Gasteiger partial charge in [0.05, 0.1) is 15.4 Å². The Kier molecular flexibility index (Phi) is 3.11. The van der Waals surface area contributed by atoms with Crippen LogP contribution in [0.4, 0.5) is 0 Å². The van der Waals surface area contributed by atoms with Crippen LogP contribution in [0, 0.1) is 0 Å². The van der Waals surface area contributed by atoms with E-state index in [1.165, 1.54) is 0 Å². The molecule has 0 saturated carbocycles. The van der Waals surface area contributed by atoms with E-state index in [0.717, 1.165) is 26.9 Å². The summed E-state index contributed by atoms with van der Waals surface area (Å²) in [4.78, 5) is 5.68. The Morgan fingerprint density at radius 3 is 2.68 bits per heavy atom. The lowest BCUT2D eigenvalue weighted by Gasteiger charge is -2.07. The van der Waals surface area contributed by atoms with E-state index in [1.807, 2.05) is 23.6 Å². The van der Waals surface area contributed by atoms with Crippen molar-refractivity contribution in [2.75, 3.05) is 6.61 Å². The summed E-state index contributed by atoms with van der Waals surface area (Å²) in [6, 6.07) is 10.1. The van der Waals surface area contributed by atoms with E-state index in [2.05, 4.69) is 31.0 Å². The lowest BCUT2D eigenvalue weighted by molar-refractivity contribution is 0.279. The van der Waals surface area contributed by atoms with Gasteiger partial charge in [0.2, 0.25) is 5.90 Å². The Morgan fingerprint density at radius 1 is 1.26 bits per heavy atom. The lowest BCUT2D eigenvalue weighted by atomic mass is 10.1. The van der Waals surface area contributed by atoms with Gasteiger partial charge in [0.1, 0.15) is 6.61 Å². The normalized spacial score (nSPS) is 17.1. The number of nitrogens with zero attached hydrogens (tertiary/aromatic N) is 1. The van der Waals surface area contributed by atoms with Gasteiger partial charge in [0.15, 0.2) is 0 Å². The maximum Gasteiger partial charge on any atom is 0.216 e. The van der Waals surface area contributed by atoms with Crippen LogP contribution in [-0.4, -0.2) is 18.0 Å². The first-order valence-corrected chi connectivity index (χ1v) is 7.37. The first kappa shape index (κ1) is 12.7. The zero-order valence-corrected chi connectivity index (χ0v) is 12.4. The number of hydrogen-bond acceptors (Lipinski definition) is 3. The highest BCUT2D eigenvalue weighted by Gasteiger charge is 2.27. The van der Waals surface area contributed by atoms with E-state index < -0.39 is 0 Å². The van der Waals surface area contributed by atoms with Crippen LogP contribution in [0.2, 0.25) is 5.02 Å². The smallest absolute Gasteiger partial charge is 0.216 e. The van der Waals surface area contributed by atoms with Crippen molar-refractivity contribution in [3.8, 4) is 10.4 Å². The highest BCUT2D eigenvalue weighted by atomic mass is 35.5. The summed E-state index contributed by atoms with van der Waals surface area (Å²) in [6.45, 7) is 4.77. The number of aliphatic imine (C=N–C) groups is 1. The monoisotopic (exact) mass is 291 g/mol. The molecule has 0 fully saturated rings. The summed E-state index contributed by atoms with van der Waals surface area (Å²) in [5.41, 5.74) is 1.98. The predicted molar refractivity (Wildman–Crippen MR) is 81.3 cm³/mol. The molecular formula is C15H14ClNOS. The van der Waals surface area contributed by atoms with Crippen LogP contribution in [0.5, 0.6) is 0 Å². The van der Waals surface area contributed by atoms with Gasteiger partial charge in [0, 0.05) is 5.56 Å². The molecule has 4 heteroatoms. The summed E-state index contributed by atoms with van der Waals surface area (Å²) in [7, 11) is 0. The van der Waals surface area contributed by atoms with Crippen LogP contribution in [0.3, 0.4) is 0 Å². The van der Waals surface area contributed by atoms with E-state index in [-0.39, 0.29) is 5.54 Å². The summed E-state index contributed by atoms with van der Waals surface area (Å²) in [5.74, 6) is 0.722. The molecule has 3 rings (SSSR count). The van der Waals surface area contributed by atoms with Crippen LogP contribution in [-0.2, 0) is 4.74 Å². The van der Waals surface area contributed by atoms with Gasteiger partial charge < -0.3 is 4.74 Å². The fourth-order valence-corrected chi connectivity index (χ4v) is 3.19. The molecule has 98 valence electrons. The maximum atomic E-state index is 6.18. The highest BCUT2D eigenvalue weighted by Crippen LogP contribution is 2.34. The quantitative estimate of drug-likeness (QED) is 0.791. The second-order valence-corrected chi connectivity index (χ2v) is 6.52. The average molecular weight is 292 g/mol. The van der Waals surface area contributed by atoms with Crippen LogP contribution < -0.4 is 0 Å². The Hall–Kier alpha value is -1.32. The molecule has 0 aliphatic carbocycles. The SMILES string of the molecule is CC1(C)COC(c2cccc(-c3sccc3Cl)c2)=N1. The molecule has 0 amide bonds. The van der Waals surface area contributed by atoms with Crippen molar-refractivity contribution in [3.05, 3.63) is 46.3 Å². The van der Waals surface area contributed by atoms with Crippen LogP contribution in [0.1, 0.15) is 19.4 Å². The van der Waals surface area contributed by atoms with Gasteiger partial charge in [-0.3, -0.25) is 0 Å². The van der Waals surface area contributed by atoms with E-state index in [0.29, 0.717) is 6.61 Å². The molecule has 2 aromatic rings. The molecule has 2 heterocycles. The fourth-order valence-electron chi connectivity index (χ4n) is 2.03. The zero-order valence-electron chi connectivity index (χ0n) is 10.8. The minimum absolute atomic E-state index is 0.133. The second-order valence-electron chi connectivity index (χ2n) is 5.20. The number of rotatable bonds is 2. The van der Waals surface area contributed by atoms with E-state index >= 15 is 0 Å². The van der Waals surface area contributed by atoms with Crippen molar-refractivity contribution in [1.82, 2.24) is 0 Å². The predicted octanol–water partition coefficient (Wildman–Crippen LogP) is 4.62. The Bertz CT molecular complexity index is 645. The molecule has 1 aliphatic rings. The molecular weight excluding hydrogens is 278 g/mol. The molecule has 2 nitrogen and oxygen atoms in total. The second kappa shape index (κ2) is 4.66. The van der Waals surface area contributed by atoms with E-state index in [4.69, 9.17) is 16.3 Å². The molecule has 1 aliphatic heterocycles. The molecule has 0 unspecified atom stereocenters.